The van der Waals surface area contributed by atoms with Crippen LogP contribution in [-0.4, -0.2) is 11.6 Å². The predicted octanol–water partition coefficient (Wildman–Crippen LogP) is 1.19. The van der Waals surface area contributed by atoms with E-state index in [0.29, 0.717) is 0 Å². The zero-order chi connectivity index (χ0) is 4.41. The minimum Gasteiger partial charge on any atom is -0.282 e. The van der Waals surface area contributed by atoms with Crippen LogP contribution in [0.1, 0.15) is 6.92 Å². The van der Waals surface area contributed by atoms with Crippen LogP contribution in [0.4, 0.5) is 0 Å². The van der Waals surface area contributed by atoms with E-state index in [2.05, 4.69) is 10.7 Å². The second-order valence-electron chi connectivity index (χ2n) is 1.12. The fourth-order valence-electron chi connectivity index (χ4n) is 0.298. The summed E-state index contributed by atoms with van der Waals surface area (Å²) in [6, 6.07) is 0. The second-order valence-corrected chi connectivity index (χ2v) is 1.87. The third kappa shape index (κ3) is 0.744. The Morgan fingerprint density at radius 2 is 2.83 bits per heavy atom. The Bertz CT molecular complexity index is 77.6. The van der Waals surface area contributed by atoms with Crippen LogP contribution in [0.5, 0.6) is 0 Å². The van der Waals surface area contributed by atoms with Gasteiger partial charge in [0.05, 0.1) is 11.6 Å². The lowest BCUT2D eigenvalue weighted by Gasteiger charge is -1.73. The molecule has 0 atom stereocenters. The van der Waals surface area contributed by atoms with Crippen LogP contribution in [0.15, 0.2) is 4.99 Å². The van der Waals surface area contributed by atoms with E-state index in [9.17, 15) is 0 Å². The van der Waals surface area contributed by atoms with Crippen LogP contribution >= 0.6 is 11.8 Å². The Morgan fingerprint density at radius 3 is 3.00 bits per heavy atom. The third-order valence-corrected chi connectivity index (χ3v) is 1.28. The number of thioether (sulfide) groups is 1. The van der Waals surface area contributed by atoms with Crippen LogP contribution in [-0.2, 0) is 0 Å². The first-order chi connectivity index (χ1) is 2.89. The SMILES string of the molecule is CC1=NCS[C]1. The summed E-state index contributed by atoms with van der Waals surface area (Å²) in [6.07, 6.45) is 0. The lowest BCUT2D eigenvalue weighted by molar-refractivity contribution is 1.40. The zero-order valence-electron chi connectivity index (χ0n) is 3.56. The molecule has 0 fully saturated rings. The molecular formula is C4H5NS. The largest absolute Gasteiger partial charge is 0.282 e. The topological polar surface area (TPSA) is 12.4 Å². The van der Waals surface area contributed by atoms with Crippen molar-refractivity contribution in [3.63, 3.8) is 0 Å². The van der Waals surface area contributed by atoms with Crippen molar-refractivity contribution in [1.29, 1.82) is 0 Å². The molecule has 6 heavy (non-hydrogen) atoms. The summed E-state index contributed by atoms with van der Waals surface area (Å²) >= 11 is 1.63. The smallest absolute Gasteiger partial charge is 0.0987 e. The van der Waals surface area contributed by atoms with E-state index in [1.807, 2.05) is 6.92 Å². The van der Waals surface area contributed by atoms with Gasteiger partial charge in [0.2, 0.25) is 0 Å². The van der Waals surface area contributed by atoms with E-state index in [0.717, 1.165) is 11.6 Å². The Hall–Kier alpha value is 0.0200. The molecule has 0 spiro atoms. The first-order valence-electron chi connectivity index (χ1n) is 1.78. The standard InChI is InChI=1S/C4H5NS/c1-4-2-6-3-5-4/h3H2,1H3. The summed E-state index contributed by atoms with van der Waals surface area (Å²) in [5, 5.41) is 0. The zero-order valence-corrected chi connectivity index (χ0v) is 4.38. The molecule has 0 aromatic carbocycles. The van der Waals surface area contributed by atoms with Gasteiger partial charge >= 0.3 is 0 Å². The molecule has 2 heteroatoms. The maximum absolute atomic E-state index is 4.00. The third-order valence-electron chi connectivity index (χ3n) is 0.586. The highest BCUT2D eigenvalue weighted by atomic mass is 32.2. The van der Waals surface area contributed by atoms with Gasteiger partial charge in [-0.2, -0.15) is 0 Å². The van der Waals surface area contributed by atoms with Crippen LogP contribution in [0.25, 0.3) is 0 Å². The Morgan fingerprint density at radius 1 is 2.00 bits per heavy atom. The average molecular weight is 99.2 g/mol. The van der Waals surface area contributed by atoms with Crippen molar-refractivity contribution in [3.8, 4) is 0 Å². The highest BCUT2D eigenvalue weighted by Gasteiger charge is 1.98. The fourth-order valence-corrected chi connectivity index (χ4v) is 0.894. The lowest BCUT2D eigenvalue weighted by atomic mass is 10.5. The molecule has 0 unspecified atom stereocenters. The van der Waals surface area contributed by atoms with E-state index < -0.39 is 0 Å². The first kappa shape index (κ1) is 4.19. The predicted molar refractivity (Wildman–Crippen MR) is 28.8 cm³/mol. The molecule has 0 N–H and O–H groups in total. The maximum Gasteiger partial charge on any atom is 0.0987 e. The average Bonchev–Trinajstić information content (AvgIpc) is 1.86. The number of hydrogen-bond donors (Lipinski definition) is 0. The maximum atomic E-state index is 4.00. The minimum atomic E-state index is 0.881. The van der Waals surface area contributed by atoms with Crippen LogP contribution in [0, 0.1) is 5.75 Å². The van der Waals surface area contributed by atoms with Crippen LogP contribution in [0.2, 0.25) is 0 Å². The Labute approximate surface area is 41.8 Å². The second kappa shape index (κ2) is 1.65. The highest BCUT2D eigenvalue weighted by Crippen LogP contribution is 2.13. The van der Waals surface area contributed by atoms with E-state index in [-0.39, 0.29) is 0 Å². The molecule has 0 bridgehead atoms. The van der Waals surface area contributed by atoms with Crippen molar-refractivity contribution in [2.24, 2.45) is 4.99 Å². The fraction of sp³-hybridized carbons (Fsp3) is 0.500. The van der Waals surface area contributed by atoms with Gasteiger partial charge in [0.15, 0.2) is 0 Å². The van der Waals surface area contributed by atoms with Gasteiger partial charge in [-0.05, 0) is 6.92 Å². The van der Waals surface area contributed by atoms with E-state index in [1.165, 1.54) is 0 Å². The minimum absolute atomic E-state index is 0.881. The summed E-state index contributed by atoms with van der Waals surface area (Å²) in [6.45, 7) is 1.96. The summed E-state index contributed by atoms with van der Waals surface area (Å²) in [4.78, 5) is 4.00. The van der Waals surface area contributed by atoms with Gasteiger partial charge in [-0.3, -0.25) is 4.99 Å². The lowest BCUT2D eigenvalue weighted by Crippen LogP contribution is -1.77. The Kier molecular flexibility index (Phi) is 1.15. The van der Waals surface area contributed by atoms with Crippen molar-refractivity contribution >= 4 is 17.5 Å². The molecule has 0 aromatic heterocycles. The van der Waals surface area contributed by atoms with E-state index in [1.54, 1.807) is 11.8 Å². The van der Waals surface area contributed by atoms with Crippen molar-refractivity contribution in [3.05, 3.63) is 5.75 Å². The Balaban J connectivity index is 2.45. The number of hydrogen-bond acceptors (Lipinski definition) is 2. The highest BCUT2D eigenvalue weighted by molar-refractivity contribution is 8.02. The summed E-state index contributed by atoms with van der Waals surface area (Å²) in [5.74, 6) is 3.87. The molecule has 0 amide bonds. The molecule has 2 radical (unpaired) electrons. The molecule has 0 aliphatic carbocycles. The van der Waals surface area contributed by atoms with Gasteiger partial charge < -0.3 is 0 Å². The van der Waals surface area contributed by atoms with E-state index in [4.69, 9.17) is 0 Å². The van der Waals surface area contributed by atoms with Gasteiger partial charge in [-0.1, -0.05) is 0 Å². The molecule has 0 saturated carbocycles. The van der Waals surface area contributed by atoms with Crippen molar-refractivity contribution in [2.75, 3.05) is 5.88 Å². The van der Waals surface area contributed by atoms with Crippen molar-refractivity contribution in [2.45, 2.75) is 6.92 Å². The molecule has 1 aliphatic rings. The molecular weight excluding hydrogens is 94.1 g/mol. The number of aliphatic imine (C=N–C) groups is 1. The number of nitrogens with zero attached hydrogens (tertiary/aromatic N) is 1. The molecule has 0 saturated heterocycles. The monoisotopic (exact) mass is 99.0 g/mol. The van der Waals surface area contributed by atoms with Crippen molar-refractivity contribution in [1.82, 2.24) is 0 Å². The molecule has 1 heterocycles. The molecule has 1 rings (SSSR count). The van der Waals surface area contributed by atoms with E-state index >= 15 is 0 Å². The van der Waals surface area contributed by atoms with Crippen LogP contribution < -0.4 is 0 Å². The summed E-state index contributed by atoms with van der Waals surface area (Å²) in [5.41, 5.74) is 1.04. The normalized spacial score (nSPS) is 21.2. The van der Waals surface area contributed by atoms with Crippen LogP contribution in [0.3, 0.4) is 0 Å². The van der Waals surface area contributed by atoms with Gasteiger partial charge in [0.1, 0.15) is 0 Å². The van der Waals surface area contributed by atoms with Crippen molar-refractivity contribution < 1.29 is 0 Å². The molecule has 1 nitrogen and oxygen atoms in total. The molecule has 1 aliphatic heterocycles. The van der Waals surface area contributed by atoms with Gasteiger partial charge in [-0.15, -0.1) is 11.8 Å². The first-order valence-corrected chi connectivity index (χ1v) is 2.77. The summed E-state index contributed by atoms with van der Waals surface area (Å²) < 4.78 is 0. The van der Waals surface area contributed by atoms with Gasteiger partial charge in [0.25, 0.3) is 0 Å². The summed E-state index contributed by atoms with van der Waals surface area (Å²) in [7, 11) is 0. The molecule has 32 valence electrons. The molecule has 0 aromatic rings. The quantitative estimate of drug-likeness (QED) is 0.444. The van der Waals surface area contributed by atoms with Gasteiger partial charge in [0, 0.05) is 5.71 Å². The van der Waals surface area contributed by atoms with Gasteiger partial charge in [-0.25, -0.2) is 0 Å². The number of rotatable bonds is 0.